The molecule has 0 bridgehead atoms. The third-order valence-corrected chi connectivity index (χ3v) is 10.3. The van der Waals surface area contributed by atoms with Crippen molar-refractivity contribution in [2.45, 2.75) is 89.9 Å². The summed E-state index contributed by atoms with van der Waals surface area (Å²) in [5.41, 5.74) is -2.92. The number of nitrogens with zero attached hydrogens (tertiary/aromatic N) is 1. The molecule has 4 N–H and O–H groups in total. The van der Waals surface area contributed by atoms with Crippen LogP contribution in [0.15, 0.2) is 47.9 Å². The first kappa shape index (κ1) is 32.5. The minimum Gasteiger partial charge on any atom is -0.339 e. The zero-order valence-corrected chi connectivity index (χ0v) is 27.1. The first-order valence-corrected chi connectivity index (χ1v) is 16.1. The maximum atomic E-state index is 14.1. The molecule has 236 valence electrons. The van der Waals surface area contributed by atoms with E-state index in [9.17, 15) is 27.6 Å². The minimum absolute atomic E-state index is 0.0638. The number of amides is 5. The highest BCUT2D eigenvalue weighted by Crippen LogP contribution is 2.65. The van der Waals surface area contributed by atoms with Gasteiger partial charge in [-0.15, -0.1) is 6.58 Å². The number of carbonyl (C=O) groups is 4. The van der Waals surface area contributed by atoms with E-state index in [4.69, 9.17) is 0 Å². The Hall–Kier alpha value is -3.41. The van der Waals surface area contributed by atoms with E-state index in [1.807, 2.05) is 55.4 Å². The van der Waals surface area contributed by atoms with Crippen LogP contribution in [0.25, 0.3) is 0 Å². The maximum absolute atomic E-state index is 14.1. The highest BCUT2D eigenvalue weighted by atomic mass is 32.2. The number of likely N-dealkylation sites (tertiary alicyclic amines) is 1. The molecule has 1 aliphatic heterocycles. The molecule has 11 nitrogen and oxygen atoms in total. The first-order chi connectivity index (χ1) is 19.7. The number of sulfonamides is 1. The second-order valence-corrected chi connectivity index (χ2v) is 16.5. The number of benzene rings is 1. The van der Waals surface area contributed by atoms with Gasteiger partial charge in [-0.25, -0.2) is 17.9 Å². The molecule has 1 aromatic carbocycles. The Morgan fingerprint density at radius 1 is 1.05 bits per heavy atom. The Kier molecular flexibility index (Phi) is 8.04. The van der Waals surface area contributed by atoms with Crippen LogP contribution in [-0.4, -0.2) is 66.8 Å². The van der Waals surface area contributed by atoms with Crippen molar-refractivity contribution in [1.29, 1.82) is 0 Å². The molecule has 2 saturated carbocycles. The molecule has 1 aromatic rings. The molecule has 4 rings (SSSR count). The summed E-state index contributed by atoms with van der Waals surface area (Å²) in [6.45, 7) is 19.2. The summed E-state index contributed by atoms with van der Waals surface area (Å²) < 4.78 is 28.0. The first-order valence-electron chi connectivity index (χ1n) is 14.6. The zero-order valence-electron chi connectivity index (χ0n) is 26.3. The fourth-order valence-corrected chi connectivity index (χ4v) is 7.39. The van der Waals surface area contributed by atoms with Gasteiger partial charge in [0.05, 0.1) is 4.90 Å². The Balaban J connectivity index is 1.58. The van der Waals surface area contributed by atoms with Gasteiger partial charge in [-0.1, -0.05) is 58.9 Å². The molecular weight excluding hydrogens is 570 g/mol. The van der Waals surface area contributed by atoms with Crippen LogP contribution in [0.3, 0.4) is 0 Å². The molecule has 43 heavy (non-hydrogen) atoms. The molecule has 3 aliphatic rings. The summed E-state index contributed by atoms with van der Waals surface area (Å²) in [7, 11) is -4.18. The summed E-state index contributed by atoms with van der Waals surface area (Å²) in [6.07, 6.45) is 1.69. The van der Waals surface area contributed by atoms with E-state index < -0.39 is 62.4 Å². The molecular formula is C31H45N5O6S. The van der Waals surface area contributed by atoms with Crippen LogP contribution < -0.4 is 20.7 Å². The van der Waals surface area contributed by atoms with E-state index in [1.54, 1.807) is 18.2 Å². The molecule has 6 atom stereocenters. The summed E-state index contributed by atoms with van der Waals surface area (Å²) in [6, 6.07) is 5.18. The van der Waals surface area contributed by atoms with Crippen molar-refractivity contribution in [2.24, 2.45) is 28.6 Å². The van der Waals surface area contributed by atoms with E-state index in [0.717, 1.165) is 0 Å². The molecule has 5 amide bonds. The third-order valence-electron chi connectivity index (χ3n) is 8.97. The van der Waals surface area contributed by atoms with Gasteiger partial charge in [0.1, 0.15) is 17.6 Å². The summed E-state index contributed by atoms with van der Waals surface area (Å²) >= 11 is 0. The summed E-state index contributed by atoms with van der Waals surface area (Å²) in [5, 5.41) is 8.47. The monoisotopic (exact) mass is 615 g/mol. The Morgan fingerprint density at radius 2 is 1.65 bits per heavy atom. The highest BCUT2D eigenvalue weighted by Gasteiger charge is 2.71. The lowest BCUT2D eigenvalue weighted by molar-refractivity contribution is -0.144. The van der Waals surface area contributed by atoms with Crippen molar-refractivity contribution >= 4 is 33.8 Å². The number of piperidine rings is 1. The fourth-order valence-electron chi connectivity index (χ4n) is 6.34. The molecule has 1 saturated heterocycles. The zero-order chi connectivity index (χ0) is 32.3. The number of hydrogen-bond acceptors (Lipinski definition) is 6. The number of hydrogen-bond donors (Lipinski definition) is 4. The maximum Gasteiger partial charge on any atom is 0.315 e. The van der Waals surface area contributed by atoms with Crippen LogP contribution in [0.4, 0.5) is 4.79 Å². The van der Waals surface area contributed by atoms with Crippen LogP contribution in [0.2, 0.25) is 0 Å². The molecule has 12 heteroatoms. The second kappa shape index (κ2) is 10.6. The standard InChI is InChI=1S/C31H45N5O6S/c1-10-18-16-31(18,26(39)35-43(41,42)19-14-12-11-13-15-19)33-24(37)22-21-20(30(21,8)9)17-36(22)25(38)23(28(2,3)4)32-27(40)34-29(5,6)7/h10-15,18,20-23H,1,16-17H2,2-9H3,(H,33,37)(H,35,39)(H2,32,34,40)/t18?,20-,21-,22-,23?,31+/m0/s1. The SMILES string of the molecule is C=CC1C[C@]1(NC(=O)[C@@H]1[C@@H]2[C@H](CN1C(=O)C(NC(=O)NC(C)(C)C)C(C)(C)C)C2(C)C)C(=O)NS(=O)(=O)c1ccccc1. The van der Waals surface area contributed by atoms with E-state index in [0.29, 0.717) is 6.54 Å². The topological polar surface area (TPSA) is 154 Å². The van der Waals surface area contributed by atoms with Gasteiger partial charge in [-0.2, -0.15) is 0 Å². The second-order valence-electron chi connectivity index (χ2n) is 14.8. The normalized spacial score (nSPS) is 28.1. The van der Waals surface area contributed by atoms with Gasteiger partial charge in [0.15, 0.2) is 0 Å². The summed E-state index contributed by atoms with van der Waals surface area (Å²) in [5.74, 6) is -2.36. The van der Waals surface area contributed by atoms with Crippen LogP contribution >= 0.6 is 0 Å². The van der Waals surface area contributed by atoms with Gasteiger partial charge in [0.2, 0.25) is 11.8 Å². The quantitative estimate of drug-likeness (QED) is 0.330. The summed E-state index contributed by atoms with van der Waals surface area (Å²) in [4.78, 5) is 55.9. The molecule has 0 radical (unpaired) electrons. The lowest BCUT2D eigenvalue weighted by Gasteiger charge is -2.38. The Morgan fingerprint density at radius 3 is 2.16 bits per heavy atom. The average Bonchev–Trinajstić information content (AvgIpc) is 3.63. The lowest BCUT2D eigenvalue weighted by Crippen LogP contribution is -2.62. The Labute approximate surface area is 254 Å². The molecule has 2 aliphatic carbocycles. The molecule has 0 aromatic heterocycles. The number of urea groups is 1. The molecule has 3 fully saturated rings. The van der Waals surface area contributed by atoms with Gasteiger partial charge in [-0.3, -0.25) is 14.4 Å². The molecule has 2 unspecified atom stereocenters. The van der Waals surface area contributed by atoms with Gasteiger partial charge >= 0.3 is 6.03 Å². The van der Waals surface area contributed by atoms with Gasteiger partial charge in [0, 0.05) is 18.0 Å². The van der Waals surface area contributed by atoms with Crippen molar-refractivity contribution in [1.82, 2.24) is 25.6 Å². The van der Waals surface area contributed by atoms with E-state index in [-0.39, 0.29) is 34.5 Å². The van der Waals surface area contributed by atoms with Gasteiger partial charge in [-0.05, 0) is 62.0 Å². The van der Waals surface area contributed by atoms with E-state index in [2.05, 4.69) is 27.3 Å². The van der Waals surface area contributed by atoms with E-state index in [1.165, 1.54) is 23.1 Å². The van der Waals surface area contributed by atoms with Crippen molar-refractivity contribution in [3.05, 3.63) is 43.0 Å². The number of fused-ring (bicyclic) bond motifs is 1. The largest absolute Gasteiger partial charge is 0.339 e. The lowest BCUT2D eigenvalue weighted by atomic mass is 9.85. The third kappa shape index (κ3) is 6.30. The van der Waals surface area contributed by atoms with Crippen LogP contribution in [-0.2, 0) is 24.4 Å². The molecule has 0 spiro atoms. The van der Waals surface area contributed by atoms with E-state index >= 15 is 0 Å². The average molecular weight is 616 g/mol. The Bertz CT molecular complexity index is 1430. The molecule has 1 heterocycles. The van der Waals surface area contributed by atoms with Crippen molar-refractivity contribution in [3.63, 3.8) is 0 Å². The van der Waals surface area contributed by atoms with Crippen LogP contribution in [0.1, 0.15) is 61.8 Å². The highest BCUT2D eigenvalue weighted by molar-refractivity contribution is 7.90. The van der Waals surface area contributed by atoms with Gasteiger partial charge in [0.25, 0.3) is 15.9 Å². The van der Waals surface area contributed by atoms with Crippen LogP contribution in [0.5, 0.6) is 0 Å². The van der Waals surface area contributed by atoms with Crippen molar-refractivity contribution in [2.75, 3.05) is 6.54 Å². The van der Waals surface area contributed by atoms with Crippen LogP contribution in [0, 0.1) is 28.6 Å². The minimum atomic E-state index is -4.18. The predicted octanol–water partition coefficient (Wildman–Crippen LogP) is 2.55. The van der Waals surface area contributed by atoms with Crippen molar-refractivity contribution < 1.29 is 27.6 Å². The smallest absolute Gasteiger partial charge is 0.315 e. The number of rotatable bonds is 8. The number of nitrogens with one attached hydrogen (secondary N) is 4. The predicted molar refractivity (Wildman–Crippen MR) is 162 cm³/mol. The fraction of sp³-hybridized carbons (Fsp3) is 0.613. The number of carbonyl (C=O) groups excluding carboxylic acids is 4. The van der Waals surface area contributed by atoms with Crippen molar-refractivity contribution in [3.8, 4) is 0 Å². The van der Waals surface area contributed by atoms with Gasteiger partial charge < -0.3 is 20.9 Å².